The van der Waals surface area contributed by atoms with Crippen LogP contribution in [0.2, 0.25) is 0 Å². The molecule has 1 aliphatic heterocycles. The van der Waals surface area contributed by atoms with Crippen molar-refractivity contribution in [2.45, 2.75) is 83.1 Å². The number of aryl methyl sites for hydroxylation is 3. The van der Waals surface area contributed by atoms with E-state index in [0.717, 1.165) is 0 Å². The second-order valence-electron chi connectivity index (χ2n) is 11.0. The Morgan fingerprint density at radius 2 is 1.08 bits per heavy atom. The van der Waals surface area contributed by atoms with Crippen molar-refractivity contribution in [3.05, 3.63) is 39.6 Å². The van der Waals surface area contributed by atoms with Gasteiger partial charge in [0.25, 0.3) is 0 Å². The Kier molecular flexibility index (Phi) is 4.92. The maximum Gasteiger partial charge on any atom is 0.0815 e. The molecule has 1 aromatic rings. The lowest BCUT2D eigenvalue weighted by atomic mass is 9.72. The zero-order valence-corrected chi connectivity index (χ0v) is 19.7. The van der Waals surface area contributed by atoms with Gasteiger partial charge in [-0.2, -0.15) is 0 Å². The predicted molar refractivity (Wildman–Crippen MR) is 116 cm³/mol. The summed E-state index contributed by atoms with van der Waals surface area (Å²) in [6.07, 6.45) is 0. The first-order valence-corrected chi connectivity index (χ1v) is 11.2. The third-order valence-electron chi connectivity index (χ3n) is 5.18. The van der Waals surface area contributed by atoms with Crippen molar-refractivity contribution in [1.82, 2.24) is 0 Å². The average Bonchev–Trinajstić information content (AvgIpc) is 2.25. The quantitative estimate of drug-likeness (QED) is 0.538. The van der Waals surface area contributed by atoms with Crippen LogP contribution in [0.3, 0.4) is 0 Å². The van der Waals surface area contributed by atoms with E-state index < -0.39 is 8.41 Å². The van der Waals surface area contributed by atoms with E-state index in [1.807, 2.05) is 0 Å². The monoisotopic (exact) mass is 354 g/mol. The third-order valence-corrected chi connectivity index (χ3v) is 9.47. The van der Waals surface area contributed by atoms with Gasteiger partial charge in [0, 0.05) is 0 Å². The van der Waals surface area contributed by atoms with Gasteiger partial charge in [0.05, 0.1) is 8.41 Å². The van der Waals surface area contributed by atoms with Crippen molar-refractivity contribution in [3.8, 4) is 0 Å². The SMILES string of the molecule is Cc1cc(C)c([Si]2=C(C(C)(C)C)C(C(C)(C)C)=C2C(C)(C)C)c(C)c1. The third kappa shape index (κ3) is 3.63. The molecule has 0 unspecified atom stereocenters. The van der Waals surface area contributed by atoms with E-state index >= 15 is 0 Å². The standard InChI is InChI=1S/C24H38Si/c1-15-13-16(2)19(17(3)14-15)25-20(23(7,8)9)18(22(4,5)6)21(25)24(10,11)12/h13-14H,1-12H3. The molecule has 0 radical (unpaired) electrons. The van der Waals surface area contributed by atoms with Crippen LogP contribution in [0.1, 0.15) is 79.0 Å². The van der Waals surface area contributed by atoms with E-state index in [-0.39, 0.29) is 16.2 Å². The summed E-state index contributed by atoms with van der Waals surface area (Å²) in [5.74, 6) is 0. The molecule has 2 rings (SSSR count). The summed E-state index contributed by atoms with van der Waals surface area (Å²) in [7, 11) is -0.828. The summed E-state index contributed by atoms with van der Waals surface area (Å²) in [6, 6.07) is 4.77. The van der Waals surface area contributed by atoms with Gasteiger partial charge in [-0.05, 0) is 58.9 Å². The van der Waals surface area contributed by atoms with Crippen LogP contribution in [0.25, 0.3) is 0 Å². The normalized spacial score (nSPS) is 16.5. The van der Waals surface area contributed by atoms with E-state index in [2.05, 4.69) is 95.2 Å². The fraction of sp³-hybridized carbons (Fsp3) is 0.625. The molecular weight excluding hydrogens is 316 g/mol. The van der Waals surface area contributed by atoms with Gasteiger partial charge in [0.15, 0.2) is 0 Å². The summed E-state index contributed by atoms with van der Waals surface area (Å²) in [5.41, 5.74) is 6.71. The van der Waals surface area contributed by atoms with Crippen LogP contribution >= 0.6 is 0 Å². The lowest BCUT2D eigenvalue weighted by Crippen LogP contribution is -2.54. The van der Waals surface area contributed by atoms with Crippen LogP contribution < -0.4 is 5.19 Å². The van der Waals surface area contributed by atoms with Gasteiger partial charge in [-0.3, -0.25) is 0 Å². The zero-order valence-electron chi connectivity index (χ0n) is 18.7. The van der Waals surface area contributed by atoms with Crippen molar-refractivity contribution in [2.24, 2.45) is 16.2 Å². The average molecular weight is 355 g/mol. The van der Waals surface area contributed by atoms with E-state index in [9.17, 15) is 0 Å². The molecule has 0 atom stereocenters. The lowest BCUT2D eigenvalue weighted by Gasteiger charge is -2.49. The molecule has 1 heterocycles. The molecule has 0 aromatic heterocycles. The van der Waals surface area contributed by atoms with Gasteiger partial charge in [-0.25, -0.2) is 0 Å². The lowest BCUT2D eigenvalue weighted by molar-refractivity contribution is 0.460. The topological polar surface area (TPSA) is 0 Å². The van der Waals surface area contributed by atoms with Gasteiger partial charge in [-0.1, -0.05) is 90.4 Å². The highest BCUT2D eigenvalue weighted by atomic mass is 28.2. The summed E-state index contributed by atoms with van der Waals surface area (Å²) in [6.45, 7) is 28.5. The zero-order chi connectivity index (χ0) is 19.5. The van der Waals surface area contributed by atoms with Gasteiger partial charge < -0.3 is 0 Å². The number of hydrogen-bond donors (Lipinski definition) is 0. The Bertz CT molecular complexity index is 743. The van der Waals surface area contributed by atoms with Crippen LogP contribution in [0.15, 0.2) is 22.9 Å². The molecule has 0 N–H and O–H groups in total. The van der Waals surface area contributed by atoms with Gasteiger partial charge in [0.2, 0.25) is 0 Å². The molecule has 1 heteroatoms. The van der Waals surface area contributed by atoms with Crippen LogP contribution in [0.5, 0.6) is 0 Å². The van der Waals surface area contributed by atoms with Crippen LogP contribution in [-0.4, -0.2) is 13.6 Å². The molecule has 0 fully saturated rings. The number of rotatable bonds is 1. The van der Waals surface area contributed by atoms with E-state index in [4.69, 9.17) is 0 Å². The van der Waals surface area contributed by atoms with Crippen LogP contribution in [0, 0.1) is 37.0 Å². The minimum Gasteiger partial charge on any atom is -0.0564 e. The molecular formula is C24H38Si. The summed E-state index contributed by atoms with van der Waals surface area (Å²) in [4.78, 5) is 0. The van der Waals surface area contributed by atoms with Gasteiger partial charge >= 0.3 is 0 Å². The fourth-order valence-corrected chi connectivity index (χ4v) is 9.01. The molecule has 0 saturated carbocycles. The number of hydrogen-bond acceptors (Lipinski definition) is 0. The smallest absolute Gasteiger partial charge is 0.0564 e. The van der Waals surface area contributed by atoms with Crippen molar-refractivity contribution in [3.63, 3.8) is 0 Å². The molecule has 138 valence electrons. The molecule has 1 aliphatic rings. The first-order valence-electron chi connectivity index (χ1n) is 9.65. The Morgan fingerprint density at radius 3 is 1.40 bits per heavy atom. The second kappa shape index (κ2) is 6.05. The van der Waals surface area contributed by atoms with Gasteiger partial charge in [0.1, 0.15) is 0 Å². The highest BCUT2D eigenvalue weighted by Gasteiger charge is 2.45. The fourth-order valence-electron chi connectivity index (χ4n) is 4.51. The molecule has 25 heavy (non-hydrogen) atoms. The van der Waals surface area contributed by atoms with Gasteiger partial charge in [-0.15, -0.1) is 0 Å². The predicted octanol–water partition coefficient (Wildman–Crippen LogP) is 6.06. The highest BCUT2D eigenvalue weighted by molar-refractivity contribution is 6.95. The summed E-state index contributed by atoms with van der Waals surface area (Å²) >= 11 is 0. The number of benzene rings is 1. The highest BCUT2D eigenvalue weighted by Crippen LogP contribution is 2.47. The summed E-state index contributed by atoms with van der Waals surface area (Å²) < 4.78 is 0. The number of allylic oxidation sites excluding steroid dienone is 2. The molecule has 0 bridgehead atoms. The Hall–Kier alpha value is -0.953. The van der Waals surface area contributed by atoms with Crippen molar-refractivity contribution in [1.29, 1.82) is 0 Å². The maximum absolute atomic E-state index is 2.41. The second-order valence-corrected chi connectivity index (χ2v) is 13.3. The Morgan fingerprint density at radius 1 is 0.640 bits per heavy atom. The Balaban J connectivity index is 2.89. The molecule has 0 nitrogen and oxygen atoms in total. The van der Waals surface area contributed by atoms with Crippen molar-refractivity contribution in [2.75, 3.05) is 0 Å². The molecule has 0 spiro atoms. The van der Waals surface area contributed by atoms with Crippen molar-refractivity contribution >= 4 is 18.8 Å². The molecule has 0 saturated heterocycles. The van der Waals surface area contributed by atoms with Crippen molar-refractivity contribution < 1.29 is 0 Å². The molecule has 0 amide bonds. The van der Waals surface area contributed by atoms with Crippen LogP contribution in [-0.2, 0) is 0 Å². The Labute approximate surface area is 158 Å². The minimum absolute atomic E-state index is 0.214. The largest absolute Gasteiger partial charge is 0.0815 e. The van der Waals surface area contributed by atoms with E-state index in [1.165, 1.54) is 16.7 Å². The minimum atomic E-state index is -0.828. The van der Waals surface area contributed by atoms with E-state index in [0.29, 0.717) is 0 Å². The first kappa shape index (κ1) is 20.4. The summed E-state index contributed by atoms with van der Waals surface area (Å²) in [5, 5.41) is 5.16. The molecule has 0 aliphatic carbocycles. The van der Waals surface area contributed by atoms with E-state index in [1.54, 1.807) is 21.1 Å². The first-order chi connectivity index (χ1) is 11.1. The van der Waals surface area contributed by atoms with Crippen LogP contribution in [0.4, 0.5) is 0 Å². The maximum atomic E-state index is 2.41. The molecule has 1 aromatic carbocycles.